The van der Waals surface area contributed by atoms with Gasteiger partial charge in [0.05, 0.1) is 4.88 Å². The zero-order chi connectivity index (χ0) is 8.10. The number of carbonyl (C=O) groups is 1. The molecule has 4 heteroatoms. The lowest BCUT2D eigenvalue weighted by Gasteiger charge is -1.93. The fourth-order valence-corrected chi connectivity index (χ4v) is 2.01. The van der Waals surface area contributed by atoms with E-state index in [9.17, 15) is 4.79 Å². The Kier molecular flexibility index (Phi) is 3.62. The van der Waals surface area contributed by atoms with Crippen LogP contribution in [0.4, 0.5) is 0 Å². The molecule has 0 atom stereocenters. The Morgan fingerprint density at radius 2 is 2.55 bits per heavy atom. The van der Waals surface area contributed by atoms with Gasteiger partial charge in [0.1, 0.15) is 0 Å². The fraction of sp³-hybridized carbons (Fsp3) is 0.286. The van der Waals surface area contributed by atoms with Gasteiger partial charge in [-0.3, -0.25) is 4.79 Å². The Hall–Kier alpha value is -0.320. The number of hydrogen-bond donors (Lipinski definition) is 1. The lowest BCUT2D eigenvalue weighted by atomic mass is 10.5. The van der Waals surface area contributed by atoms with Gasteiger partial charge in [0.25, 0.3) is 0 Å². The van der Waals surface area contributed by atoms with Crippen LogP contribution in [0.1, 0.15) is 9.67 Å². The van der Waals surface area contributed by atoms with E-state index in [0.29, 0.717) is 12.3 Å². The molecule has 0 unspecified atom stereocenters. The molecule has 0 aromatic carbocycles. The third-order valence-electron chi connectivity index (χ3n) is 1.07. The number of hydrogen-bond acceptors (Lipinski definition) is 4. The summed E-state index contributed by atoms with van der Waals surface area (Å²) in [7, 11) is 0. The van der Waals surface area contributed by atoms with Crippen molar-refractivity contribution >= 4 is 28.2 Å². The average molecular weight is 187 g/mol. The van der Waals surface area contributed by atoms with Gasteiger partial charge in [-0.1, -0.05) is 17.8 Å². The third-order valence-corrected chi connectivity index (χ3v) is 2.99. The zero-order valence-electron chi connectivity index (χ0n) is 5.95. The van der Waals surface area contributed by atoms with E-state index in [1.807, 2.05) is 17.5 Å². The molecule has 11 heavy (non-hydrogen) atoms. The molecule has 0 bridgehead atoms. The minimum absolute atomic E-state index is 0.130. The van der Waals surface area contributed by atoms with Crippen molar-refractivity contribution in [2.24, 2.45) is 5.73 Å². The van der Waals surface area contributed by atoms with Crippen molar-refractivity contribution in [3.8, 4) is 0 Å². The summed E-state index contributed by atoms with van der Waals surface area (Å²) in [6.07, 6.45) is 0. The molecule has 0 aliphatic heterocycles. The van der Waals surface area contributed by atoms with Crippen LogP contribution in [0, 0.1) is 0 Å². The molecule has 0 saturated carbocycles. The maximum absolute atomic E-state index is 11.2. The first-order valence-corrected chi connectivity index (χ1v) is 5.12. The van der Waals surface area contributed by atoms with Gasteiger partial charge >= 0.3 is 0 Å². The second kappa shape index (κ2) is 4.54. The van der Waals surface area contributed by atoms with E-state index in [1.54, 1.807) is 0 Å². The van der Waals surface area contributed by atoms with Gasteiger partial charge in [-0.2, -0.15) is 0 Å². The van der Waals surface area contributed by atoms with Crippen molar-refractivity contribution in [1.82, 2.24) is 0 Å². The second-order valence-electron chi connectivity index (χ2n) is 1.90. The average Bonchev–Trinajstić information content (AvgIpc) is 2.52. The number of thiophene rings is 1. The number of carbonyl (C=O) groups excluding carboxylic acids is 1. The highest BCUT2D eigenvalue weighted by atomic mass is 32.2. The van der Waals surface area contributed by atoms with E-state index in [-0.39, 0.29) is 5.12 Å². The standard InChI is InChI=1S/C7H9NOS2/c8-3-5-11-7(9)6-2-1-4-10-6/h1-2,4H,3,5,8H2. The molecule has 1 aromatic heterocycles. The van der Waals surface area contributed by atoms with Crippen LogP contribution in [0.15, 0.2) is 17.5 Å². The molecule has 1 heterocycles. The molecule has 0 aliphatic rings. The molecular formula is C7H9NOS2. The first-order valence-electron chi connectivity index (χ1n) is 3.25. The van der Waals surface area contributed by atoms with Crippen molar-refractivity contribution in [3.05, 3.63) is 22.4 Å². The fourth-order valence-electron chi connectivity index (χ4n) is 0.617. The van der Waals surface area contributed by atoms with Gasteiger partial charge in [0.2, 0.25) is 5.12 Å². The number of thioether (sulfide) groups is 1. The predicted octanol–water partition coefficient (Wildman–Crippen LogP) is 1.58. The minimum atomic E-state index is 0.130. The normalized spacial score (nSPS) is 9.91. The van der Waals surface area contributed by atoms with Crippen LogP contribution in [0.3, 0.4) is 0 Å². The summed E-state index contributed by atoms with van der Waals surface area (Å²) in [5.74, 6) is 0.705. The molecule has 0 radical (unpaired) electrons. The van der Waals surface area contributed by atoms with Crippen LogP contribution in [0.5, 0.6) is 0 Å². The Morgan fingerprint density at radius 3 is 3.09 bits per heavy atom. The zero-order valence-corrected chi connectivity index (χ0v) is 7.58. The van der Waals surface area contributed by atoms with Crippen molar-refractivity contribution in [2.75, 3.05) is 12.3 Å². The van der Waals surface area contributed by atoms with E-state index in [4.69, 9.17) is 5.73 Å². The summed E-state index contributed by atoms with van der Waals surface area (Å²) in [4.78, 5) is 12.0. The summed E-state index contributed by atoms with van der Waals surface area (Å²) in [6, 6.07) is 3.71. The molecular weight excluding hydrogens is 178 g/mol. The van der Waals surface area contributed by atoms with Crippen molar-refractivity contribution in [3.63, 3.8) is 0 Å². The Bertz CT molecular complexity index is 220. The Labute approximate surface area is 73.8 Å². The quantitative estimate of drug-likeness (QED) is 0.781. The molecule has 2 N–H and O–H groups in total. The van der Waals surface area contributed by atoms with E-state index >= 15 is 0 Å². The second-order valence-corrected chi connectivity index (χ2v) is 3.92. The smallest absolute Gasteiger partial charge is 0.229 e. The molecule has 0 amide bonds. The Morgan fingerprint density at radius 1 is 1.73 bits per heavy atom. The topological polar surface area (TPSA) is 43.1 Å². The van der Waals surface area contributed by atoms with Crippen LogP contribution in [-0.2, 0) is 0 Å². The lowest BCUT2D eigenvalue weighted by Crippen LogP contribution is -2.03. The highest BCUT2D eigenvalue weighted by Gasteiger charge is 2.05. The highest BCUT2D eigenvalue weighted by molar-refractivity contribution is 8.14. The van der Waals surface area contributed by atoms with E-state index in [0.717, 1.165) is 4.88 Å². The first kappa shape index (κ1) is 8.77. The van der Waals surface area contributed by atoms with E-state index in [2.05, 4.69) is 0 Å². The molecule has 1 aromatic rings. The first-order chi connectivity index (χ1) is 5.34. The predicted molar refractivity (Wildman–Crippen MR) is 50.2 cm³/mol. The van der Waals surface area contributed by atoms with Crippen LogP contribution in [0.2, 0.25) is 0 Å². The highest BCUT2D eigenvalue weighted by Crippen LogP contribution is 2.16. The molecule has 0 aliphatic carbocycles. The Balaban J connectivity index is 2.43. The summed E-state index contributed by atoms with van der Waals surface area (Å²) >= 11 is 2.75. The molecule has 0 saturated heterocycles. The third kappa shape index (κ3) is 2.65. The number of rotatable bonds is 3. The van der Waals surface area contributed by atoms with E-state index < -0.39 is 0 Å². The van der Waals surface area contributed by atoms with Gasteiger partial charge in [0.15, 0.2) is 0 Å². The van der Waals surface area contributed by atoms with Gasteiger partial charge in [-0.05, 0) is 11.4 Å². The van der Waals surface area contributed by atoms with E-state index in [1.165, 1.54) is 23.1 Å². The minimum Gasteiger partial charge on any atom is -0.330 e. The van der Waals surface area contributed by atoms with Crippen molar-refractivity contribution < 1.29 is 4.79 Å². The van der Waals surface area contributed by atoms with Crippen molar-refractivity contribution in [2.45, 2.75) is 0 Å². The van der Waals surface area contributed by atoms with Crippen LogP contribution < -0.4 is 5.73 Å². The largest absolute Gasteiger partial charge is 0.330 e. The molecule has 1 rings (SSSR count). The summed E-state index contributed by atoms with van der Waals surface area (Å²) in [5, 5.41) is 2.03. The van der Waals surface area contributed by atoms with Crippen LogP contribution in [-0.4, -0.2) is 17.4 Å². The molecule has 60 valence electrons. The van der Waals surface area contributed by atoms with Gasteiger partial charge < -0.3 is 5.73 Å². The molecule has 0 fully saturated rings. The summed E-state index contributed by atoms with van der Waals surface area (Å²) in [5.41, 5.74) is 5.26. The molecule has 0 spiro atoms. The lowest BCUT2D eigenvalue weighted by molar-refractivity contribution is 0.109. The van der Waals surface area contributed by atoms with Crippen LogP contribution >= 0.6 is 23.1 Å². The monoisotopic (exact) mass is 187 g/mol. The number of nitrogens with two attached hydrogens (primary N) is 1. The maximum Gasteiger partial charge on any atom is 0.229 e. The van der Waals surface area contributed by atoms with Gasteiger partial charge in [-0.15, -0.1) is 11.3 Å². The van der Waals surface area contributed by atoms with Gasteiger partial charge in [-0.25, -0.2) is 0 Å². The molecule has 2 nitrogen and oxygen atoms in total. The van der Waals surface area contributed by atoms with Crippen LogP contribution in [0.25, 0.3) is 0 Å². The van der Waals surface area contributed by atoms with Crippen molar-refractivity contribution in [1.29, 1.82) is 0 Å². The van der Waals surface area contributed by atoms with Gasteiger partial charge in [0, 0.05) is 12.3 Å². The maximum atomic E-state index is 11.2. The summed E-state index contributed by atoms with van der Waals surface area (Å²) in [6.45, 7) is 0.557. The summed E-state index contributed by atoms with van der Waals surface area (Å²) < 4.78 is 0. The SMILES string of the molecule is NCCSC(=O)c1cccs1.